The number of hydrogen-bond acceptors (Lipinski definition) is 14. The summed E-state index contributed by atoms with van der Waals surface area (Å²) < 4.78 is 13.1. The van der Waals surface area contributed by atoms with Gasteiger partial charge in [-0.15, -0.1) is 21.5 Å². The van der Waals surface area contributed by atoms with Crippen LogP contribution in [0.5, 0.6) is 0 Å². The van der Waals surface area contributed by atoms with Crippen molar-refractivity contribution in [1.29, 1.82) is 0 Å². The molecule has 2 unspecified atom stereocenters. The van der Waals surface area contributed by atoms with Crippen LogP contribution in [0.2, 0.25) is 0 Å². The van der Waals surface area contributed by atoms with Gasteiger partial charge in [-0.05, 0) is 43.7 Å². The van der Waals surface area contributed by atoms with E-state index in [9.17, 15) is 14.4 Å². The van der Waals surface area contributed by atoms with Crippen molar-refractivity contribution in [2.24, 2.45) is 5.16 Å². The molecular weight excluding hydrogens is 699 g/mol. The number of benzene rings is 2. The van der Waals surface area contributed by atoms with Crippen LogP contribution < -0.4 is 11.1 Å². The number of nitrogen functional groups attached to an aromatic ring is 1. The molecule has 0 spiro atoms. The molecule has 2 amide bonds. The first kappa shape index (κ1) is 33.7. The fraction of sp³-hybridized carbons (Fsp3) is 0.324. The van der Waals surface area contributed by atoms with Crippen LogP contribution in [0.4, 0.5) is 5.13 Å². The number of nitrogens with zero attached hydrogens (tertiary/aromatic N) is 5. The van der Waals surface area contributed by atoms with Gasteiger partial charge in [0.25, 0.3) is 11.8 Å². The molecule has 4 heterocycles. The number of hydrogen-bond donors (Lipinski definition) is 2. The van der Waals surface area contributed by atoms with E-state index in [4.69, 9.17) is 20.0 Å². The number of nitrogens with two attached hydrogens (primary N) is 1. The van der Waals surface area contributed by atoms with Crippen LogP contribution >= 0.6 is 34.4 Å². The molecule has 2 fully saturated rings. The number of thiazole rings is 1. The molecule has 4 aromatic rings. The predicted octanol–water partition coefficient (Wildman–Crippen LogP) is 4.61. The van der Waals surface area contributed by atoms with Crippen molar-refractivity contribution >= 4 is 63.1 Å². The second-order valence-corrected chi connectivity index (χ2v) is 15.1. The minimum atomic E-state index is -1.00. The molecule has 258 valence electrons. The van der Waals surface area contributed by atoms with E-state index in [2.05, 4.69) is 25.7 Å². The van der Waals surface area contributed by atoms with E-state index < -0.39 is 36.0 Å². The second-order valence-electron chi connectivity index (χ2n) is 11.8. The number of esters is 1. The number of oxime groups is 1. The Morgan fingerprint density at radius 1 is 1.10 bits per heavy atom. The number of rotatable bonds is 12. The lowest BCUT2D eigenvalue weighted by Crippen LogP contribution is -2.73. The summed E-state index contributed by atoms with van der Waals surface area (Å²) in [5, 5.41) is 17.9. The number of aryl methyl sites for hydroxylation is 1. The first-order chi connectivity index (χ1) is 24.4. The van der Waals surface area contributed by atoms with Crippen LogP contribution in [0.1, 0.15) is 53.6 Å². The summed E-state index contributed by atoms with van der Waals surface area (Å²) in [5.41, 5.74) is 7.52. The minimum absolute atomic E-state index is 0.0203. The van der Waals surface area contributed by atoms with Gasteiger partial charge in [0, 0.05) is 5.38 Å². The van der Waals surface area contributed by atoms with Crippen molar-refractivity contribution in [1.82, 2.24) is 25.4 Å². The molecule has 1 aliphatic carbocycles. The van der Waals surface area contributed by atoms with Gasteiger partial charge in [0.1, 0.15) is 41.3 Å². The normalized spacial score (nSPS) is 19.2. The van der Waals surface area contributed by atoms with Crippen molar-refractivity contribution < 1.29 is 28.7 Å². The number of fused-ring (bicyclic) bond motifs is 1. The van der Waals surface area contributed by atoms with Crippen molar-refractivity contribution in [2.75, 3.05) is 18.1 Å². The lowest BCUT2D eigenvalue weighted by atomic mass is 9.92. The molecule has 16 heteroatoms. The molecule has 1 saturated heterocycles. The Bertz CT molecular complexity index is 1890. The largest absolute Gasteiger partial charge is 0.492 e. The van der Waals surface area contributed by atoms with E-state index in [1.54, 1.807) is 5.38 Å². The SMILES string of the molecule is Cc1nnc(SCC2=C(C(=O)OC(c3ccccc3)c3ccccc3)N3C(=O)C(NC(=O)/C(=N\OC4CCCC4)c4csc(N)n4)C3CO2)s1. The van der Waals surface area contributed by atoms with Crippen molar-refractivity contribution in [3.05, 3.63) is 99.3 Å². The number of aromatic nitrogens is 3. The Hall–Kier alpha value is -4.80. The minimum Gasteiger partial charge on any atom is -0.492 e. The van der Waals surface area contributed by atoms with Crippen LogP contribution in [0, 0.1) is 6.92 Å². The quantitative estimate of drug-likeness (QED) is 0.0686. The summed E-state index contributed by atoms with van der Waals surface area (Å²) in [6, 6.07) is 17.0. The highest BCUT2D eigenvalue weighted by Crippen LogP contribution is 2.38. The van der Waals surface area contributed by atoms with Crippen LogP contribution in [0.15, 0.2) is 87.0 Å². The maximum atomic E-state index is 14.2. The molecule has 2 atom stereocenters. The Morgan fingerprint density at radius 3 is 2.42 bits per heavy atom. The average molecular weight is 732 g/mol. The molecule has 1 saturated carbocycles. The average Bonchev–Trinajstić information content (AvgIpc) is 3.92. The first-order valence-electron chi connectivity index (χ1n) is 16.0. The zero-order chi connectivity index (χ0) is 34.6. The summed E-state index contributed by atoms with van der Waals surface area (Å²) in [6.45, 7) is 1.89. The monoisotopic (exact) mass is 731 g/mol. The summed E-state index contributed by atoms with van der Waals surface area (Å²) in [6.07, 6.45) is 2.87. The van der Waals surface area contributed by atoms with Crippen molar-refractivity contribution in [2.45, 2.75) is 61.2 Å². The molecule has 13 nitrogen and oxygen atoms in total. The van der Waals surface area contributed by atoms with Crippen LogP contribution in [0.3, 0.4) is 0 Å². The molecule has 2 aromatic carbocycles. The topological polar surface area (TPSA) is 171 Å². The smallest absolute Gasteiger partial charge is 0.359 e. The van der Waals surface area contributed by atoms with E-state index >= 15 is 0 Å². The van der Waals surface area contributed by atoms with E-state index in [0.717, 1.165) is 53.2 Å². The van der Waals surface area contributed by atoms with Crippen LogP contribution in [-0.4, -0.2) is 74.1 Å². The summed E-state index contributed by atoms with van der Waals surface area (Å²) >= 11 is 3.92. The van der Waals surface area contributed by atoms with Crippen LogP contribution in [0.25, 0.3) is 0 Å². The third kappa shape index (κ3) is 7.22. The van der Waals surface area contributed by atoms with Gasteiger partial charge in [-0.1, -0.05) is 88.9 Å². The highest BCUT2D eigenvalue weighted by molar-refractivity contribution is 8.01. The zero-order valence-electron chi connectivity index (χ0n) is 26.9. The maximum absolute atomic E-state index is 14.2. The number of β-lactam (4-membered cyclic amide) rings is 1. The van der Waals surface area contributed by atoms with Gasteiger partial charge in [-0.2, -0.15) is 0 Å². The molecule has 2 aromatic heterocycles. The number of nitrogens with one attached hydrogen (secondary N) is 1. The van der Waals surface area contributed by atoms with E-state index in [1.807, 2.05) is 67.6 Å². The van der Waals surface area contributed by atoms with E-state index in [-0.39, 0.29) is 46.5 Å². The summed E-state index contributed by atoms with van der Waals surface area (Å²) in [5.74, 6) is -1.40. The summed E-state index contributed by atoms with van der Waals surface area (Å²) in [7, 11) is 0. The van der Waals surface area contributed by atoms with Crippen molar-refractivity contribution in [3.8, 4) is 0 Å². The number of amides is 2. The zero-order valence-corrected chi connectivity index (χ0v) is 29.3. The van der Waals surface area contributed by atoms with Gasteiger partial charge < -0.3 is 25.4 Å². The highest BCUT2D eigenvalue weighted by atomic mass is 32.2. The number of anilines is 1. The van der Waals surface area contributed by atoms with E-state index in [1.165, 1.54) is 28.0 Å². The lowest BCUT2D eigenvalue weighted by molar-refractivity contribution is -0.163. The lowest BCUT2D eigenvalue weighted by Gasteiger charge is -2.49. The third-order valence-corrected chi connectivity index (χ3v) is 11.1. The fourth-order valence-electron chi connectivity index (χ4n) is 6.00. The number of carbonyl (C=O) groups is 3. The standard InChI is InChI=1S/C34H33N7O6S3/c1-19-38-39-34(50-19)49-18-25-28(32(44)46-29(20-10-4-2-5-11-20)21-12-6-3-7-13-21)41-24(16-45-25)27(31(41)43)37-30(42)26(23-17-48-33(35)36-23)40-47-22-14-8-9-15-22/h2-7,10-13,17,22,24,27,29H,8-9,14-16,18H2,1H3,(H2,35,36)(H,37,42)/b40-26-. The predicted molar refractivity (Wildman–Crippen MR) is 188 cm³/mol. The number of thioether (sulfide) groups is 1. The molecule has 0 bridgehead atoms. The molecule has 2 aliphatic heterocycles. The molecule has 0 radical (unpaired) electrons. The van der Waals surface area contributed by atoms with Gasteiger partial charge in [-0.3, -0.25) is 14.5 Å². The third-order valence-electron chi connectivity index (χ3n) is 8.47. The van der Waals surface area contributed by atoms with Crippen LogP contribution in [-0.2, 0) is 28.7 Å². The molecule has 3 aliphatic rings. The fourth-order valence-corrected chi connectivity index (χ4v) is 8.31. The summed E-state index contributed by atoms with van der Waals surface area (Å²) in [4.78, 5) is 53.1. The van der Waals surface area contributed by atoms with Gasteiger partial charge in [0.2, 0.25) is 0 Å². The Labute approximate surface area is 299 Å². The molecule has 7 rings (SSSR count). The van der Waals surface area contributed by atoms with Crippen molar-refractivity contribution in [3.63, 3.8) is 0 Å². The number of carbonyl (C=O) groups excluding carboxylic acids is 3. The second kappa shape index (κ2) is 15.0. The Balaban J connectivity index is 1.15. The van der Waals surface area contributed by atoms with E-state index in [0.29, 0.717) is 4.34 Å². The molecular formula is C34H33N7O6S3. The Morgan fingerprint density at radius 2 is 1.80 bits per heavy atom. The van der Waals surface area contributed by atoms with Gasteiger partial charge in [-0.25, -0.2) is 9.78 Å². The maximum Gasteiger partial charge on any atom is 0.359 e. The van der Waals surface area contributed by atoms with Gasteiger partial charge >= 0.3 is 5.97 Å². The first-order valence-corrected chi connectivity index (χ1v) is 18.7. The highest BCUT2D eigenvalue weighted by Gasteiger charge is 2.55. The Kier molecular flexibility index (Phi) is 10.1. The van der Waals surface area contributed by atoms with Gasteiger partial charge in [0.15, 0.2) is 27.0 Å². The molecule has 3 N–H and O–H groups in total. The van der Waals surface area contributed by atoms with Gasteiger partial charge in [0.05, 0.1) is 5.75 Å². The number of ether oxygens (including phenoxy) is 2. The molecule has 50 heavy (non-hydrogen) atoms.